The summed E-state index contributed by atoms with van der Waals surface area (Å²) >= 11 is 6.22. The van der Waals surface area contributed by atoms with Gasteiger partial charge in [0.1, 0.15) is 5.78 Å². The monoisotopic (exact) mass is 301 g/mol. The van der Waals surface area contributed by atoms with Crippen LogP contribution >= 0.6 is 11.6 Å². The van der Waals surface area contributed by atoms with Gasteiger partial charge in [0.15, 0.2) is 0 Å². The molecule has 0 atom stereocenters. The van der Waals surface area contributed by atoms with E-state index in [2.05, 4.69) is 0 Å². The Labute approximate surface area is 130 Å². The highest BCUT2D eigenvalue weighted by atomic mass is 35.5. The molecule has 0 aliphatic heterocycles. The lowest BCUT2D eigenvalue weighted by atomic mass is 9.78. The van der Waals surface area contributed by atoms with E-state index in [0.29, 0.717) is 17.1 Å². The Bertz CT molecular complexity index is 659. The molecule has 0 saturated carbocycles. The number of nitrogens with two attached hydrogens (primary N) is 1. The van der Waals surface area contributed by atoms with Gasteiger partial charge in [0.25, 0.3) is 0 Å². The van der Waals surface area contributed by atoms with Gasteiger partial charge in [-0.15, -0.1) is 0 Å². The average Bonchev–Trinajstić information content (AvgIpc) is 2.42. The van der Waals surface area contributed by atoms with Crippen LogP contribution in [0.4, 0.5) is 5.69 Å². The first-order valence-electron chi connectivity index (χ1n) is 6.95. The Kier molecular flexibility index (Phi) is 4.38. The number of ketones is 1. The molecule has 2 nitrogen and oxygen atoms in total. The Morgan fingerprint density at radius 1 is 1.14 bits per heavy atom. The molecule has 0 saturated heterocycles. The van der Waals surface area contributed by atoms with Crippen LogP contribution < -0.4 is 5.73 Å². The summed E-state index contributed by atoms with van der Waals surface area (Å²) in [6.07, 6.45) is 0.330. The quantitative estimate of drug-likeness (QED) is 0.855. The maximum Gasteiger partial charge on any atom is 0.147 e. The van der Waals surface area contributed by atoms with Crippen molar-refractivity contribution in [3.05, 3.63) is 64.2 Å². The summed E-state index contributed by atoms with van der Waals surface area (Å²) in [5.41, 5.74) is 8.76. The Hall–Kier alpha value is -1.80. The van der Waals surface area contributed by atoms with Crippen LogP contribution in [0.15, 0.2) is 42.5 Å². The van der Waals surface area contributed by atoms with Gasteiger partial charge in [-0.2, -0.15) is 0 Å². The molecule has 0 radical (unpaired) electrons. The first-order chi connectivity index (χ1) is 9.80. The van der Waals surface area contributed by atoms with E-state index in [1.807, 2.05) is 63.2 Å². The average molecular weight is 302 g/mol. The van der Waals surface area contributed by atoms with E-state index in [1.54, 1.807) is 0 Å². The maximum atomic E-state index is 12.7. The zero-order valence-electron chi connectivity index (χ0n) is 12.6. The van der Waals surface area contributed by atoms with Crippen LogP contribution in [-0.2, 0) is 16.6 Å². The molecule has 21 heavy (non-hydrogen) atoms. The number of anilines is 1. The first kappa shape index (κ1) is 15.6. The smallest absolute Gasteiger partial charge is 0.147 e. The Balaban J connectivity index is 2.24. The van der Waals surface area contributed by atoms with Crippen molar-refractivity contribution in [2.24, 2.45) is 0 Å². The molecule has 2 aromatic rings. The topological polar surface area (TPSA) is 43.1 Å². The summed E-state index contributed by atoms with van der Waals surface area (Å²) in [4.78, 5) is 12.7. The van der Waals surface area contributed by atoms with Crippen molar-refractivity contribution in [1.29, 1.82) is 0 Å². The van der Waals surface area contributed by atoms with Gasteiger partial charge in [-0.1, -0.05) is 35.9 Å². The molecule has 0 spiro atoms. The van der Waals surface area contributed by atoms with Crippen molar-refractivity contribution in [3.8, 4) is 0 Å². The number of carbonyl (C=O) groups is 1. The normalized spacial score (nSPS) is 11.4. The first-order valence-corrected chi connectivity index (χ1v) is 7.33. The molecule has 0 aromatic heterocycles. The van der Waals surface area contributed by atoms with Crippen LogP contribution in [0.1, 0.15) is 30.5 Å². The minimum Gasteiger partial charge on any atom is -0.399 e. The highest BCUT2D eigenvalue weighted by molar-refractivity contribution is 6.31. The fourth-order valence-corrected chi connectivity index (χ4v) is 2.55. The summed E-state index contributed by atoms with van der Waals surface area (Å²) in [7, 11) is 0. The van der Waals surface area contributed by atoms with Crippen LogP contribution in [0, 0.1) is 6.92 Å². The number of hydrogen-bond donors (Lipinski definition) is 1. The van der Waals surface area contributed by atoms with Crippen molar-refractivity contribution < 1.29 is 4.79 Å². The van der Waals surface area contributed by atoms with Crippen LogP contribution in [-0.4, -0.2) is 5.78 Å². The van der Waals surface area contributed by atoms with Gasteiger partial charge in [0.2, 0.25) is 0 Å². The summed E-state index contributed by atoms with van der Waals surface area (Å²) in [5.74, 6) is 0.137. The fourth-order valence-electron chi connectivity index (χ4n) is 2.25. The molecule has 0 unspecified atom stereocenters. The van der Waals surface area contributed by atoms with Crippen molar-refractivity contribution in [2.75, 3.05) is 5.73 Å². The lowest BCUT2D eigenvalue weighted by Crippen LogP contribution is -2.30. The molecular weight excluding hydrogens is 282 g/mol. The largest absolute Gasteiger partial charge is 0.399 e. The van der Waals surface area contributed by atoms with Crippen molar-refractivity contribution >= 4 is 23.1 Å². The third kappa shape index (κ3) is 3.45. The Morgan fingerprint density at radius 3 is 2.33 bits per heavy atom. The van der Waals surface area contributed by atoms with Crippen LogP contribution in [0.2, 0.25) is 5.02 Å². The molecule has 2 N–H and O–H groups in total. The second-order valence-electron chi connectivity index (χ2n) is 5.94. The molecule has 0 fully saturated rings. The fraction of sp³-hybridized carbons (Fsp3) is 0.278. The van der Waals surface area contributed by atoms with E-state index in [1.165, 1.54) is 0 Å². The minimum absolute atomic E-state index is 0.137. The van der Waals surface area contributed by atoms with Gasteiger partial charge in [0, 0.05) is 22.5 Å². The van der Waals surface area contributed by atoms with Gasteiger partial charge in [-0.05, 0) is 55.7 Å². The van der Waals surface area contributed by atoms with Gasteiger partial charge in [0.05, 0.1) is 0 Å². The number of nitrogen functional groups attached to an aromatic ring is 1. The predicted octanol–water partition coefficient (Wildman–Crippen LogP) is 4.32. The molecule has 2 aromatic carbocycles. The van der Waals surface area contributed by atoms with Crippen LogP contribution in [0.25, 0.3) is 0 Å². The molecule has 0 aliphatic carbocycles. The molecule has 2 rings (SSSR count). The molecule has 3 heteroatoms. The van der Waals surface area contributed by atoms with E-state index < -0.39 is 5.41 Å². The number of rotatable bonds is 4. The number of halogens is 1. The van der Waals surface area contributed by atoms with E-state index >= 15 is 0 Å². The zero-order chi connectivity index (χ0) is 15.6. The van der Waals surface area contributed by atoms with Crippen molar-refractivity contribution in [1.82, 2.24) is 0 Å². The van der Waals surface area contributed by atoms with E-state index in [4.69, 9.17) is 17.3 Å². The summed E-state index contributed by atoms with van der Waals surface area (Å²) in [5, 5.41) is 0.649. The minimum atomic E-state index is -0.568. The van der Waals surface area contributed by atoms with E-state index in [9.17, 15) is 4.79 Å². The van der Waals surface area contributed by atoms with E-state index in [0.717, 1.165) is 16.7 Å². The molecule has 0 aliphatic rings. The third-order valence-electron chi connectivity index (χ3n) is 3.89. The van der Waals surface area contributed by atoms with Crippen LogP contribution in [0.5, 0.6) is 0 Å². The number of aryl methyl sites for hydroxylation is 1. The summed E-state index contributed by atoms with van der Waals surface area (Å²) in [6.45, 7) is 5.85. The van der Waals surface area contributed by atoms with Gasteiger partial charge in [-0.25, -0.2) is 0 Å². The maximum absolute atomic E-state index is 12.7. The number of benzene rings is 2. The van der Waals surface area contributed by atoms with Crippen molar-refractivity contribution in [2.45, 2.75) is 32.6 Å². The van der Waals surface area contributed by atoms with E-state index in [-0.39, 0.29) is 5.78 Å². The second-order valence-corrected chi connectivity index (χ2v) is 6.35. The highest BCUT2D eigenvalue weighted by Crippen LogP contribution is 2.28. The summed E-state index contributed by atoms with van der Waals surface area (Å²) in [6, 6.07) is 13.3. The highest BCUT2D eigenvalue weighted by Gasteiger charge is 2.29. The standard InChI is InChI=1S/C18H20ClNO/c1-12-4-5-13(16(19)10-12)11-17(21)18(2,3)14-6-8-15(20)9-7-14/h4-10H,11,20H2,1-3H3. The zero-order valence-corrected chi connectivity index (χ0v) is 13.4. The number of carbonyl (C=O) groups excluding carboxylic acids is 1. The lowest BCUT2D eigenvalue weighted by Gasteiger charge is -2.24. The molecule has 0 bridgehead atoms. The lowest BCUT2D eigenvalue weighted by molar-refractivity contribution is -0.122. The van der Waals surface area contributed by atoms with Crippen LogP contribution in [0.3, 0.4) is 0 Å². The molecule has 110 valence electrons. The van der Waals surface area contributed by atoms with Crippen molar-refractivity contribution in [3.63, 3.8) is 0 Å². The number of hydrogen-bond acceptors (Lipinski definition) is 2. The number of Topliss-reactive ketones (excluding diaryl/α,β-unsaturated/α-hetero) is 1. The van der Waals surface area contributed by atoms with Gasteiger partial charge < -0.3 is 5.73 Å². The Morgan fingerprint density at radius 2 is 1.76 bits per heavy atom. The SMILES string of the molecule is Cc1ccc(CC(=O)C(C)(C)c2ccc(N)cc2)c(Cl)c1. The molecule has 0 heterocycles. The summed E-state index contributed by atoms with van der Waals surface area (Å²) < 4.78 is 0. The predicted molar refractivity (Wildman–Crippen MR) is 88.8 cm³/mol. The van der Waals surface area contributed by atoms with Gasteiger partial charge >= 0.3 is 0 Å². The molecular formula is C18H20ClNO. The van der Waals surface area contributed by atoms with Gasteiger partial charge in [-0.3, -0.25) is 4.79 Å². The molecule has 0 amide bonds. The third-order valence-corrected chi connectivity index (χ3v) is 4.24. The second kappa shape index (κ2) is 5.90.